The minimum atomic E-state index is -0.0378. The maximum atomic E-state index is 13.0. The molecule has 0 unspecified atom stereocenters. The van der Waals surface area contributed by atoms with Crippen molar-refractivity contribution in [2.75, 3.05) is 39.9 Å². The van der Waals surface area contributed by atoms with Crippen LogP contribution in [0.15, 0.2) is 36.7 Å². The van der Waals surface area contributed by atoms with Gasteiger partial charge in [0.25, 0.3) is 5.91 Å². The first-order valence-electron chi connectivity index (χ1n) is 9.88. The molecule has 3 rings (SSSR count). The Labute approximate surface area is 177 Å². The van der Waals surface area contributed by atoms with Gasteiger partial charge in [0, 0.05) is 50.7 Å². The second-order valence-corrected chi connectivity index (χ2v) is 8.03. The number of ether oxygens (including phenoxy) is 2. The highest BCUT2D eigenvalue weighted by Gasteiger charge is 2.24. The van der Waals surface area contributed by atoms with Crippen LogP contribution in [-0.2, 0) is 6.54 Å². The molecule has 1 fully saturated rings. The fourth-order valence-electron chi connectivity index (χ4n) is 3.27. The van der Waals surface area contributed by atoms with E-state index in [0.29, 0.717) is 47.7 Å². The number of carbonyl (C=O) groups is 1. The minimum Gasteiger partial charge on any atom is -0.493 e. The third-order valence-corrected chi connectivity index (χ3v) is 5.13. The van der Waals surface area contributed by atoms with E-state index < -0.39 is 0 Å². The van der Waals surface area contributed by atoms with Gasteiger partial charge in [0.2, 0.25) is 0 Å². The minimum absolute atomic E-state index is 0.0378. The van der Waals surface area contributed by atoms with Crippen molar-refractivity contribution in [1.29, 1.82) is 0 Å². The van der Waals surface area contributed by atoms with Crippen LogP contribution in [0.4, 0.5) is 0 Å². The van der Waals surface area contributed by atoms with Crippen LogP contribution in [0.1, 0.15) is 29.8 Å². The smallest absolute Gasteiger partial charge is 0.254 e. The first kappa shape index (κ1) is 21.4. The standard InChI is InChI=1S/C22H28ClN3O3/c1-16(2)15-29-21-19(23)12-18(13-20(21)28-3)22(27)26-10-8-25(9-11-26)14-17-4-6-24-7-5-17/h4-7,12-13,16H,8-11,14-15H2,1-3H3. The predicted molar refractivity (Wildman–Crippen MR) is 114 cm³/mol. The average molecular weight is 418 g/mol. The molecule has 1 aliphatic rings. The van der Waals surface area contributed by atoms with E-state index >= 15 is 0 Å². The summed E-state index contributed by atoms with van der Waals surface area (Å²) in [5.74, 6) is 1.30. The molecule has 0 atom stereocenters. The largest absolute Gasteiger partial charge is 0.493 e. The molecule has 1 aromatic heterocycles. The predicted octanol–water partition coefficient (Wildman–Crippen LogP) is 3.74. The molecule has 0 N–H and O–H groups in total. The maximum Gasteiger partial charge on any atom is 0.254 e. The van der Waals surface area contributed by atoms with E-state index in [4.69, 9.17) is 21.1 Å². The van der Waals surface area contributed by atoms with E-state index in [-0.39, 0.29) is 5.91 Å². The molecule has 1 amide bonds. The molecule has 2 aromatic rings. The lowest BCUT2D eigenvalue weighted by molar-refractivity contribution is 0.0628. The van der Waals surface area contributed by atoms with Gasteiger partial charge in [0.1, 0.15) is 0 Å². The Kier molecular flexibility index (Phi) is 7.34. The molecule has 156 valence electrons. The van der Waals surface area contributed by atoms with Gasteiger partial charge in [-0.15, -0.1) is 0 Å². The van der Waals surface area contributed by atoms with Crippen molar-refractivity contribution in [1.82, 2.24) is 14.8 Å². The zero-order chi connectivity index (χ0) is 20.8. The number of amides is 1. The average Bonchev–Trinajstić information content (AvgIpc) is 2.73. The zero-order valence-corrected chi connectivity index (χ0v) is 18.0. The molecule has 6 nitrogen and oxygen atoms in total. The second kappa shape index (κ2) is 9.94. The van der Waals surface area contributed by atoms with E-state index in [2.05, 4.69) is 23.7 Å². The molecule has 0 aliphatic carbocycles. The summed E-state index contributed by atoms with van der Waals surface area (Å²) >= 11 is 6.40. The Bertz CT molecular complexity index is 822. The fraction of sp³-hybridized carbons (Fsp3) is 0.455. The van der Waals surface area contributed by atoms with E-state index in [0.717, 1.165) is 19.6 Å². The summed E-state index contributed by atoms with van der Waals surface area (Å²) in [6.45, 7) is 8.53. The normalized spacial score (nSPS) is 14.9. The summed E-state index contributed by atoms with van der Waals surface area (Å²) < 4.78 is 11.2. The zero-order valence-electron chi connectivity index (χ0n) is 17.2. The summed E-state index contributed by atoms with van der Waals surface area (Å²) in [6, 6.07) is 7.43. The first-order valence-corrected chi connectivity index (χ1v) is 10.3. The topological polar surface area (TPSA) is 54.9 Å². The molecule has 0 radical (unpaired) electrons. The van der Waals surface area contributed by atoms with Gasteiger partial charge in [0.05, 0.1) is 18.7 Å². The maximum absolute atomic E-state index is 13.0. The summed E-state index contributed by atoms with van der Waals surface area (Å²) in [7, 11) is 1.56. The highest BCUT2D eigenvalue weighted by atomic mass is 35.5. The Morgan fingerprint density at radius 2 is 1.86 bits per heavy atom. The number of nitrogens with zero attached hydrogens (tertiary/aromatic N) is 3. The van der Waals surface area contributed by atoms with E-state index in [9.17, 15) is 4.79 Å². The van der Waals surface area contributed by atoms with Crippen LogP contribution < -0.4 is 9.47 Å². The number of halogens is 1. The fourth-order valence-corrected chi connectivity index (χ4v) is 3.54. The summed E-state index contributed by atoms with van der Waals surface area (Å²) in [5, 5.41) is 0.393. The molecule has 1 aromatic carbocycles. The summed E-state index contributed by atoms with van der Waals surface area (Å²) in [4.78, 5) is 21.3. The third kappa shape index (κ3) is 5.61. The molecule has 1 aliphatic heterocycles. The number of carbonyl (C=O) groups excluding carboxylic acids is 1. The highest BCUT2D eigenvalue weighted by molar-refractivity contribution is 6.32. The van der Waals surface area contributed by atoms with Gasteiger partial charge in [-0.3, -0.25) is 14.7 Å². The van der Waals surface area contributed by atoms with Crippen LogP contribution >= 0.6 is 11.6 Å². The summed E-state index contributed by atoms with van der Waals surface area (Å²) in [5.41, 5.74) is 1.75. The first-order chi connectivity index (χ1) is 14.0. The number of aromatic nitrogens is 1. The van der Waals surface area contributed by atoms with Crippen molar-refractivity contribution in [3.8, 4) is 11.5 Å². The Morgan fingerprint density at radius 3 is 2.48 bits per heavy atom. The molecule has 0 bridgehead atoms. The number of methoxy groups -OCH3 is 1. The van der Waals surface area contributed by atoms with Gasteiger partial charge in [-0.25, -0.2) is 0 Å². The quantitative estimate of drug-likeness (QED) is 0.687. The summed E-state index contributed by atoms with van der Waals surface area (Å²) in [6.07, 6.45) is 3.61. The Hall–Kier alpha value is -2.31. The Morgan fingerprint density at radius 1 is 1.17 bits per heavy atom. The lowest BCUT2D eigenvalue weighted by Gasteiger charge is -2.35. The number of benzene rings is 1. The molecule has 7 heteroatoms. The van der Waals surface area contributed by atoms with Crippen LogP contribution in [0.2, 0.25) is 5.02 Å². The molecule has 1 saturated heterocycles. The third-order valence-electron chi connectivity index (χ3n) is 4.85. The molecule has 2 heterocycles. The van der Waals surface area contributed by atoms with Crippen molar-refractivity contribution in [3.05, 3.63) is 52.8 Å². The number of piperazine rings is 1. The SMILES string of the molecule is COc1cc(C(=O)N2CCN(Cc3ccncc3)CC2)cc(Cl)c1OCC(C)C. The molecule has 0 saturated carbocycles. The second-order valence-electron chi connectivity index (χ2n) is 7.62. The highest BCUT2D eigenvalue weighted by Crippen LogP contribution is 2.37. The number of pyridine rings is 1. The van der Waals surface area contributed by atoms with Crippen LogP contribution in [-0.4, -0.2) is 60.6 Å². The monoisotopic (exact) mass is 417 g/mol. The van der Waals surface area contributed by atoms with Crippen molar-refractivity contribution in [3.63, 3.8) is 0 Å². The Balaban J connectivity index is 1.64. The number of hydrogen-bond acceptors (Lipinski definition) is 5. The molecule has 29 heavy (non-hydrogen) atoms. The van der Waals surface area contributed by atoms with Gasteiger partial charge in [0.15, 0.2) is 11.5 Å². The van der Waals surface area contributed by atoms with Gasteiger partial charge in [-0.1, -0.05) is 25.4 Å². The van der Waals surface area contributed by atoms with Crippen molar-refractivity contribution in [2.24, 2.45) is 5.92 Å². The van der Waals surface area contributed by atoms with E-state index in [1.165, 1.54) is 5.56 Å². The van der Waals surface area contributed by atoms with Crippen LogP contribution in [0, 0.1) is 5.92 Å². The molecular weight excluding hydrogens is 390 g/mol. The van der Waals surface area contributed by atoms with E-state index in [1.807, 2.05) is 17.0 Å². The van der Waals surface area contributed by atoms with Crippen LogP contribution in [0.3, 0.4) is 0 Å². The van der Waals surface area contributed by atoms with Crippen LogP contribution in [0.5, 0.6) is 11.5 Å². The van der Waals surface area contributed by atoms with Crippen molar-refractivity contribution in [2.45, 2.75) is 20.4 Å². The molecular formula is C22H28ClN3O3. The number of hydrogen-bond donors (Lipinski definition) is 0. The van der Waals surface area contributed by atoms with Crippen molar-refractivity contribution >= 4 is 17.5 Å². The van der Waals surface area contributed by atoms with Crippen LogP contribution in [0.25, 0.3) is 0 Å². The van der Waals surface area contributed by atoms with Gasteiger partial charge in [-0.05, 0) is 35.7 Å². The van der Waals surface area contributed by atoms with Gasteiger partial charge < -0.3 is 14.4 Å². The number of rotatable bonds is 7. The van der Waals surface area contributed by atoms with E-state index in [1.54, 1.807) is 31.6 Å². The van der Waals surface area contributed by atoms with Gasteiger partial charge >= 0.3 is 0 Å². The molecule has 0 spiro atoms. The lowest BCUT2D eigenvalue weighted by Crippen LogP contribution is -2.48. The van der Waals surface area contributed by atoms with Gasteiger partial charge in [-0.2, -0.15) is 0 Å². The van der Waals surface area contributed by atoms with Crippen molar-refractivity contribution < 1.29 is 14.3 Å². The lowest BCUT2D eigenvalue weighted by atomic mass is 10.1.